The van der Waals surface area contributed by atoms with Gasteiger partial charge in [-0.2, -0.15) is 0 Å². The Bertz CT molecular complexity index is 700. The van der Waals surface area contributed by atoms with Gasteiger partial charge in [0.25, 0.3) is 0 Å². The Labute approximate surface area is 121 Å². The van der Waals surface area contributed by atoms with Crippen LogP contribution in [0.2, 0.25) is 0 Å². The number of aliphatic hydroxyl groups excluding tert-OH is 1. The average Bonchev–Trinajstić information content (AvgIpc) is 2.46. The molecule has 108 valence electrons. The normalized spacial score (nSPS) is 15.4. The van der Waals surface area contributed by atoms with Gasteiger partial charge in [-0.15, -0.1) is 0 Å². The quantitative estimate of drug-likeness (QED) is 0.892. The van der Waals surface area contributed by atoms with Gasteiger partial charge in [0.05, 0.1) is 17.5 Å². The van der Waals surface area contributed by atoms with Crippen molar-refractivity contribution >= 4 is 23.0 Å². The fraction of sp³-hybridized carbons (Fsp3) is 0.188. The fourth-order valence-electron chi connectivity index (χ4n) is 2.55. The number of amides is 1. The number of nitrogens with one attached hydrogen (secondary N) is 1. The molecule has 0 spiro atoms. The summed E-state index contributed by atoms with van der Waals surface area (Å²) < 4.78 is 13.4. The summed E-state index contributed by atoms with van der Waals surface area (Å²) in [7, 11) is 0. The van der Waals surface area contributed by atoms with Gasteiger partial charge in [-0.3, -0.25) is 4.79 Å². The molecular formula is C16H15FN2O2. The van der Waals surface area contributed by atoms with E-state index < -0.39 is 11.9 Å². The number of rotatable bonds is 2. The summed E-state index contributed by atoms with van der Waals surface area (Å²) in [4.78, 5) is 13.7. The van der Waals surface area contributed by atoms with Crippen LogP contribution in [-0.4, -0.2) is 17.6 Å². The van der Waals surface area contributed by atoms with E-state index in [1.165, 1.54) is 12.1 Å². The molecule has 1 heterocycles. The number of anilines is 3. The molecule has 2 aromatic carbocycles. The maximum Gasteiger partial charge on any atom is 0.244 e. The van der Waals surface area contributed by atoms with Gasteiger partial charge in [0.1, 0.15) is 12.4 Å². The molecule has 21 heavy (non-hydrogen) atoms. The van der Waals surface area contributed by atoms with Crippen molar-refractivity contribution in [2.45, 2.75) is 13.0 Å². The second-order valence-corrected chi connectivity index (χ2v) is 5.03. The highest BCUT2D eigenvalue weighted by Crippen LogP contribution is 2.38. The lowest BCUT2D eigenvalue weighted by molar-refractivity contribution is -0.115. The van der Waals surface area contributed by atoms with Crippen molar-refractivity contribution in [2.24, 2.45) is 0 Å². The van der Waals surface area contributed by atoms with E-state index in [-0.39, 0.29) is 12.5 Å². The zero-order valence-electron chi connectivity index (χ0n) is 11.5. The van der Waals surface area contributed by atoms with Crippen molar-refractivity contribution in [2.75, 3.05) is 16.8 Å². The molecule has 1 aliphatic rings. The zero-order valence-corrected chi connectivity index (χ0v) is 11.5. The second kappa shape index (κ2) is 5.18. The Morgan fingerprint density at radius 3 is 2.76 bits per heavy atom. The van der Waals surface area contributed by atoms with Crippen molar-refractivity contribution in [1.82, 2.24) is 0 Å². The first kappa shape index (κ1) is 13.6. The van der Waals surface area contributed by atoms with E-state index in [1.807, 2.05) is 24.3 Å². The largest absolute Gasteiger partial charge is 0.389 e. The van der Waals surface area contributed by atoms with Gasteiger partial charge in [0, 0.05) is 11.3 Å². The summed E-state index contributed by atoms with van der Waals surface area (Å²) in [5, 5.41) is 12.7. The number of hydrogen-bond acceptors (Lipinski definition) is 3. The van der Waals surface area contributed by atoms with E-state index in [2.05, 4.69) is 5.32 Å². The predicted molar refractivity (Wildman–Crippen MR) is 79.1 cm³/mol. The minimum Gasteiger partial charge on any atom is -0.389 e. The highest BCUT2D eigenvalue weighted by molar-refractivity contribution is 6.03. The van der Waals surface area contributed by atoms with Crippen molar-refractivity contribution in [3.63, 3.8) is 0 Å². The molecule has 1 atom stereocenters. The summed E-state index contributed by atoms with van der Waals surface area (Å²) in [5.74, 6) is -0.557. The molecule has 0 unspecified atom stereocenters. The van der Waals surface area contributed by atoms with Crippen molar-refractivity contribution in [3.05, 3.63) is 53.8 Å². The molecule has 0 aromatic heterocycles. The Balaban J connectivity index is 2.15. The molecule has 1 amide bonds. The first-order valence-corrected chi connectivity index (χ1v) is 6.70. The molecule has 4 nitrogen and oxygen atoms in total. The second-order valence-electron chi connectivity index (χ2n) is 5.03. The Kier molecular flexibility index (Phi) is 3.35. The Morgan fingerprint density at radius 2 is 2.00 bits per heavy atom. The van der Waals surface area contributed by atoms with Gasteiger partial charge < -0.3 is 15.3 Å². The maximum absolute atomic E-state index is 13.4. The van der Waals surface area contributed by atoms with Crippen molar-refractivity contribution in [1.29, 1.82) is 0 Å². The molecule has 1 aliphatic heterocycles. The summed E-state index contributed by atoms with van der Waals surface area (Å²) in [5.41, 5.74) is 2.62. The first-order chi connectivity index (χ1) is 10.1. The van der Waals surface area contributed by atoms with E-state index in [0.29, 0.717) is 16.9 Å². The van der Waals surface area contributed by atoms with E-state index in [9.17, 15) is 14.3 Å². The van der Waals surface area contributed by atoms with Crippen LogP contribution in [-0.2, 0) is 4.79 Å². The van der Waals surface area contributed by atoms with Crippen LogP contribution < -0.4 is 10.2 Å². The Hall–Kier alpha value is -2.40. The van der Waals surface area contributed by atoms with Crippen molar-refractivity contribution < 1.29 is 14.3 Å². The van der Waals surface area contributed by atoms with Gasteiger partial charge in [0.15, 0.2) is 0 Å². The number of carbonyl (C=O) groups is 1. The monoisotopic (exact) mass is 286 g/mol. The smallest absolute Gasteiger partial charge is 0.244 e. The third-order valence-electron chi connectivity index (χ3n) is 3.50. The number of hydrogen-bond donors (Lipinski definition) is 2. The minimum atomic E-state index is -0.826. The number of halogens is 1. The van der Waals surface area contributed by atoms with E-state index in [4.69, 9.17) is 0 Å². The van der Waals surface area contributed by atoms with Gasteiger partial charge in [0.2, 0.25) is 5.91 Å². The SMILES string of the molecule is C[C@H](O)c1cc(F)ccc1N1CC(=O)Nc2ccccc21. The molecule has 3 rings (SSSR count). The summed E-state index contributed by atoms with van der Waals surface area (Å²) in [6.45, 7) is 1.70. The van der Waals surface area contributed by atoms with Gasteiger partial charge in [-0.1, -0.05) is 12.1 Å². The minimum absolute atomic E-state index is 0.127. The van der Waals surface area contributed by atoms with E-state index in [1.54, 1.807) is 17.9 Å². The van der Waals surface area contributed by atoms with Crippen molar-refractivity contribution in [3.8, 4) is 0 Å². The van der Waals surface area contributed by atoms with Crippen LogP contribution in [0.4, 0.5) is 21.5 Å². The lowest BCUT2D eigenvalue weighted by Crippen LogP contribution is -2.35. The Morgan fingerprint density at radius 1 is 1.24 bits per heavy atom. The van der Waals surface area contributed by atoms with Crippen LogP contribution in [0.1, 0.15) is 18.6 Å². The van der Waals surface area contributed by atoms with Crippen LogP contribution in [0, 0.1) is 5.82 Å². The molecular weight excluding hydrogens is 271 g/mol. The predicted octanol–water partition coefficient (Wildman–Crippen LogP) is 2.97. The van der Waals surface area contributed by atoms with Crippen LogP contribution in [0.15, 0.2) is 42.5 Å². The highest BCUT2D eigenvalue weighted by Gasteiger charge is 2.25. The molecule has 0 aliphatic carbocycles. The van der Waals surface area contributed by atoms with E-state index in [0.717, 1.165) is 5.69 Å². The number of fused-ring (bicyclic) bond motifs is 1. The third kappa shape index (κ3) is 2.48. The standard InChI is InChI=1S/C16H15FN2O2/c1-10(20)12-8-11(17)6-7-14(12)19-9-16(21)18-13-4-2-3-5-15(13)19/h2-8,10,20H,9H2,1H3,(H,18,21)/t10-/m0/s1. The zero-order chi connectivity index (χ0) is 15.0. The average molecular weight is 286 g/mol. The molecule has 0 radical (unpaired) electrons. The van der Waals surface area contributed by atoms with Gasteiger partial charge in [-0.05, 0) is 37.3 Å². The van der Waals surface area contributed by atoms with E-state index >= 15 is 0 Å². The summed E-state index contributed by atoms with van der Waals surface area (Å²) >= 11 is 0. The van der Waals surface area contributed by atoms with Crippen LogP contribution in [0.5, 0.6) is 0 Å². The summed E-state index contributed by atoms with van der Waals surface area (Å²) in [6, 6.07) is 11.6. The molecule has 0 fully saturated rings. The number of carbonyl (C=O) groups excluding carboxylic acids is 1. The molecule has 2 N–H and O–H groups in total. The lowest BCUT2D eigenvalue weighted by Gasteiger charge is -2.32. The van der Waals surface area contributed by atoms with Crippen LogP contribution >= 0.6 is 0 Å². The number of para-hydroxylation sites is 2. The lowest BCUT2D eigenvalue weighted by atomic mass is 10.0. The maximum atomic E-state index is 13.4. The fourth-order valence-corrected chi connectivity index (χ4v) is 2.55. The number of aliphatic hydroxyl groups is 1. The van der Waals surface area contributed by atoms with Gasteiger partial charge >= 0.3 is 0 Å². The van der Waals surface area contributed by atoms with Crippen LogP contribution in [0.25, 0.3) is 0 Å². The number of benzene rings is 2. The number of nitrogens with zero attached hydrogens (tertiary/aromatic N) is 1. The molecule has 2 aromatic rings. The summed E-state index contributed by atoms with van der Waals surface area (Å²) in [6.07, 6.45) is -0.826. The van der Waals surface area contributed by atoms with Gasteiger partial charge in [-0.25, -0.2) is 4.39 Å². The molecule has 5 heteroatoms. The highest BCUT2D eigenvalue weighted by atomic mass is 19.1. The molecule has 0 bridgehead atoms. The molecule has 0 saturated carbocycles. The molecule has 0 saturated heterocycles. The van der Waals surface area contributed by atoms with Crippen LogP contribution in [0.3, 0.4) is 0 Å². The third-order valence-corrected chi connectivity index (χ3v) is 3.50. The topological polar surface area (TPSA) is 52.6 Å². The first-order valence-electron chi connectivity index (χ1n) is 6.70.